The molecule has 0 amide bonds. The molecule has 0 unspecified atom stereocenters. The Morgan fingerprint density at radius 1 is 0.340 bits per heavy atom. The Kier molecular flexibility index (Phi) is 7.58. The smallest absolute Gasteiger partial charge is 0.164 e. The van der Waals surface area contributed by atoms with Crippen LogP contribution in [-0.2, 0) is 0 Å². The molecule has 0 saturated heterocycles. The van der Waals surface area contributed by atoms with E-state index in [1.54, 1.807) is 0 Å². The van der Waals surface area contributed by atoms with Crippen molar-refractivity contribution in [3.63, 3.8) is 0 Å². The Morgan fingerprint density at radius 2 is 0.792 bits per heavy atom. The van der Waals surface area contributed by atoms with Gasteiger partial charge in [0, 0.05) is 27.5 Å². The number of para-hydroxylation sites is 1. The van der Waals surface area contributed by atoms with Crippen LogP contribution in [0.25, 0.3) is 78.1 Å². The van der Waals surface area contributed by atoms with E-state index in [-0.39, 0.29) is 0 Å². The third kappa shape index (κ3) is 5.62. The van der Waals surface area contributed by atoms with Crippen molar-refractivity contribution in [1.82, 2.24) is 15.0 Å². The molecule has 7 aromatic carbocycles. The van der Waals surface area contributed by atoms with Crippen LogP contribution in [-0.4, -0.2) is 15.0 Å². The predicted molar refractivity (Wildman–Crippen MR) is 215 cm³/mol. The highest BCUT2D eigenvalue weighted by Crippen LogP contribution is 2.36. The van der Waals surface area contributed by atoms with Crippen LogP contribution in [0, 0.1) is 0 Å². The maximum absolute atomic E-state index is 6.28. The van der Waals surface area contributed by atoms with Crippen molar-refractivity contribution in [2.75, 3.05) is 0 Å². The second-order valence-corrected chi connectivity index (χ2v) is 13.5. The number of aromatic nitrogens is 3. The van der Waals surface area contributed by atoms with Gasteiger partial charge in [0.25, 0.3) is 0 Å². The summed E-state index contributed by atoms with van der Waals surface area (Å²) in [5.74, 6) is 2.04. The molecule has 4 nitrogen and oxygen atoms in total. The standard InChI is InChI=1S/C49H33N3O/c1-3-12-32(13-4-1)33-22-24-34(25-23-33)35-26-28-37(29-27-35)48-50-47(36-14-5-2-6-15-36)51-49(52-48)42-31-30-40(38-16-7-8-17-39(38)42)41-19-11-21-45-46(41)43-18-9-10-20-44(43)53-45/h1-29H,30-31H2. The molecule has 1 aliphatic carbocycles. The zero-order valence-corrected chi connectivity index (χ0v) is 28.9. The first-order chi connectivity index (χ1) is 26.3. The molecule has 0 radical (unpaired) electrons. The van der Waals surface area contributed by atoms with Crippen LogP contribution < -0.4 is 10.4 Å². The number of hydrogen-bond acceptors (Lipinski definition) is 4. The van der Waals surface area contributed by atoms with Crippen molar-refractivity contribution in [1.29, 1.82) is 0 Å². The van der Waals surface area contributed by atoms with Gasteiger partial charge in [0.1, 0.15) is 11.2 Å². The molecule has 4 heteroatoms. The molecule has 53 heavy (non-hydrogen) atoms. The molecule has 10 rings (SSSR count). The number of rotatable bonds is 6. The lowest BCUT2D eigenvalue weighted by Crippen LogP contribution is -2.33. The van der Waals surface area contributed by atoms with Crippen molar-refractivity contribution in [2.24, 2.45) is 0 Å². The van der Waals surface area contributed by atoms with Crippen molar-refractivity contribution < 1.29 is 4.42 Å². The van der Waals surface area contributed by atoms with Gasteiger partial charge in [-0.25, -0.2) is 15.0 Å². The summed E-state index contributed by atoms with van der Waals surface area (Å²) < 4.78 is 6.28. The summed E-state index contributed by atoms with van der Waals surface area (Å²) in [6.45, 7) is 0. The first-order valence-corrected chi connectivity index (χ1v) is 18.1. The van der Waals surface area contributed by atoms with Crippen LogP contribution in [0.1, 0.15) is 24.2 Å². The van der Waals surface area contributed by atoms with Crippen LogP contribution >= 0.6 is 0 Å². The lowest BCUT2D eigenvalue weighted by atomic mass is 9.87. The Morgan fingerprint density at radius 3 is 1.45 bits per heavy atom. The Bertz CT molecular complexity index is 2910. The van der Waals surface area contributed by atoms with Crippen molar-refractivity contribution >= 4 is 33.1 Å². The van der Waals surface area contributed by atoms with E-state index < -0.39 is 0 Å². The Labute approximate surface area is 307 Å². The maximum atomic E-state index is 6.28. The average Bonchev–Trinajstić information content (AvgIpc) is 3.63. The van der Waals surface area contributed by atoms with Gasteiger partial charge in [-0.15, -0.1) is 0 Å². The van der Waals surface area contributed by atoms with Gasteiger partial charge in [-0.05, 0) is 68.8 Å². The average molecular weight is 680 g/mol. The van der Waals surface area contributed by atoms with Crippen LogP contribution in [0.15, 0.2) is 180 Å². The van der Waals surface area contributed by atoms with Crippen LogP contribution in [0.3, 0.4) is 0 Å². The summed E-state index contributed by atoms with van der Waals surface area (Å²) in [5, 5.41) is 4.67. The van der Waals surface area contributed by atoms with Gasteiger partial charge in [-0.3, -0.25) is 0 Å². The minimum atomic E-state index is 0.661. The molecule has 1 aliphatic rings. The summed E-state index contributed by atoms with van der Waals surface area (Å²) in [6, 6.07) is 61.4. The molecular formula is C49H33N3O. The zero-order chi connectivity index (χ0) is 35.1. The zero-order valence-electron chi connectivity index (χ0n) is 28.9. The fourth-order valence-electron chi connectivity index (χ4n) is 7.72. The molecule has 250 valence electrons. The van der Waals surface area contributed by atoms with E-state index in [1.165, 1.54) is 32.9 Å². The topological polar surface area (TPSA) is 51.8 Å². The SMILES string of the molecule is c1ccc(-c2ccc(-c3ccc(-c4nc(C5=c6ccccc6=C(c6cccc7oc8ccccc8c67)CC5)nc(-c5ccccc5)n4)cc3)cc2)cc1. The van der Waals surface area contributed by atoms with E-state index in [1.807, 2.05) is 36.4 Å². The second kappa shape index (κ2) is 13.0. The number of benzene rings is 7. The highest BCUT2D eigenvalue weighted by atomic mass is 16.3. The van der Waals surface area contributed by atoms with E-state index >= 15 is 0 Å². The quantitative estimate of drug-likeness (QED) is 0.176. The number of furan rings is 1. The van der Waals surface area contributed by atoms with Gasteiger partial charge in [-0.2, -0.15) is 0 Å². The molecule has 2 heterocycles. The van der Waals surface area contributed by atoms with Crippen molar-refractivity contribution in [2.45, 2.75) is 12.8 Å². The molecule has 0 fully saturated rings. The van der Waals surface area contributed by atoms with Crippen molar-refractivity contribution in [3.8, 4) is 45.0 Å². The normalized spacial score (nSPS) is 12.7. The second-order valence-electron chi connectivity index (χ2n) is 13.5. The summed E-state index contributed by atoms with van der Waals surface area (Å²) in [7, 11) is 0. The Hall–Kier alpha value is -6.91. The fourth-order valence-corrected chi connectivity index (χ4v) is 7.72. The van der Waals surface area contributed by atoms with Gasteiger partial charge in [0.2, 0.25) is 0 Å². The number of hydrogen-bond donors (Lipinski definition) is 0. The molecule has 2 aromatic heterocycles. The van der Waals surface area contributed by atoms with Crippen LogP contribution in [0.4, 0.5) is 0 Å². The summed E-state index contributed by atoms with van der Waals surface area (Å²) in [4.78, 5) is 15.4. The summed E-state index contributed by atoms with van der Waals surface area (Å²) in [5.41, 5.74) is 12.1. The largest absolute Gasteiger partial charge is 0.456 e. The summed E-state index contributed by atoms with van der Waals surface area (Å²) >= 11 is 0. The first kappa shape index (κ1) is 30.9. The van der Waals surface area contributed by atoms with Gasteiger partial charge in [-0.1, -0.05) is 164 Å². The van der Waals surface area contributed by atoms with Gasteiger partial charge in [0.05, 0.1) is 0 Å². The molecule has 0 N–H and O–H groups in total. The minimum absolute atomic E-state index is 0.661. The first-order valence-electron chi connectivity index (χ1n) is 18.1. The highest BCUT2D eigenvalue weighted by molar-refractivity contribution is 6.10. The molecule has 9 aromatic rings. The molecular weight excluding hydrogens is 647 g/mol. The monoisotopic (exact) mass is 679 g/mol. The van der Waals surface area contributed by atoms with E-state index in [4.69, 9.17) is 19.4 Å². The predicted octanol–water partition coefficient (Wildman–Crippen LogP) is 10.6. The molecule has 0 saturated carbocycles. The van der Waals surface area contributed by atoms with Gasteiger partial charge < -0.3 is 4.42 Å². The van der Waals surface area contributed by atoms with Crippen molar-refractivity contribution in [3.05, 3.63) is 198 Å². The molecule has 0 aliphatic heterocycles. The van der Waals surface area contributed by atoms with E-state index in [0.717, 1.165) is 62.4 Å². The van der Waals surface area contributed by atoms with Crippen LogP contribution in [0.5, 0.6) is 0 Å². The molecule has 0 spiro atoms. The lowest BCUT2D eigenvalue weighted by molar-refractivity contribution is 0.669. The van der Waals surface area contributed by atoms with E-state index in [0.29, 0.717) is 17.5 Å². The Balaban J connectivity index is 1.10. The number of fused-ring (bicyclic) bond motifs is 4. The molecule has 0 atom stereocenters. The van der Waals surface area contributed by atoms with Crippen LogP contribution in [0.2, 0.25) is 0 Å². The lowest BCUT2D eigenvalue weighted by Gasteiger charge is -2.18. The molecule has 0 bridgehead atoms. The minimum Gasteiger partial charge on any atom is -0.456 e. The number of nitrogens with zero attached hydrogens (tertiary/aromatic N) is 3. The van der Waals surface area contributed by atoms with E-state index in [9.17, 15) is 0 Å². The third-order valence-electron chi connectivity index (χ3n) is 10.3. The van der Waals surface area contributed by atoms with Gasteiger partial charge in [0.15, 0.2) is 17.5 Å². The van der Waals surface area contributed by atoms with E-state index in [2.05, 4.69) is 140 Å². The highest BCUT2D eigenvalue weighted by Gasteiger charge is 2.21. The fraction of sp³-hybridized carbons (Fsp3) is 0.0408. The van der Waals surface area contributed by atoms with Gasteiger partial charge >= 0.3 is 0 Å². The third-order valence-corrected chi connectivity index (χ3v) is 10.3. The summed E-state index contributed by atoms with van der Waals surface area (Å²) in [6.07, 6.45) is 1.65. The maximum Gasteiger partial charge on any atom is 0.164 e.